The molecular formula is C13H24N2OS. The number of amides is 1. The van der Waals surface area contributed by atoms with Gasteiger partial charge in [0.15, 0.2) is 0 Å². The molecular weight excluding hydrogens is 232 g/mol. The van der Waals surface area contributed by atoms with Crippen molar-refractivity contribution < 1.29 is 4.79 Å². The molecule has 0 radical (unpaired) electrons. The van der Waals surface area contributed by atoms with Gasteiger partial charge in [0.1, 0.15) is 0 Å². The van der Waals surface area contributed by atoms with Gasteiger partial charge in [0.2, 0.25) is 5.91 Å². The van der Waals surface area contributed by atoms with Gasteiger partial charge in [-0.15, -0.1) is 0 Å². The summed E-state index contributed by atoms with van der Waals surface area (Å²) in [5, 5.41) is 6.49. The van der Waals surface area contributed by atoms with E-state index < -0.39 is 0 Å². The Labute approximate surface area is 108 Å². The molecule has 0 spiro atoms. The molecule has 1 unspecified atom stereocenters. The smallest absolute Gasteiger partial charge is 0.237 e. The molecule has 2 aliphatic rings. The van der Waals surface area contributed by atoms with E-state index in [2.05, 4.69) is 10.6 Å². The summed E-state index contributed by atoms with van der Waals surface area (Å²) >= 11 is 2.04. The maximum absolute atomic E-state index is 12.0. The number of thioether (sulfide) groups is 1. The van der Waals surface area contributed by atoms with Gasteiger partial charge < -0.3 is 10.6 Å². The fourth-order valence-corrected chi connectivity index (χ4v) is 3.78. The Kier molecular flexibility index (Phi) is 5.65. The van der Waals surface area contributed by atoms with Crippen molar-refractivity contribution in [3.63, 3.8) is 0 Å². The highest BCUT2D eigenvalue weighted by atomic mass is 32.2. The minimum absolute atomic E-state index is 0.0652. The fourth-order valence-electron chi connectivity index (χ4n) is 2.57. The summed E-state index contributed by atoms with van der Waals surface area (Å²) in [6.45, 7) is 1.88. The van der Waals surface area contributed by atoms with Crippen LogP contribution in [-0.2, 0) is 4.79 Å². The van der Waals surface area contributed by atoms with Crippen LogP contribution in [-0.4, -0.2) is 36.5 Å². The van der Waals surface area contributed by atoms with Gasteiger partial charge in [0.25, 0.3) is 0 Å². The van der Waals surface area contributed by atoms with E-state index in [0.29, 0.717) is 5.92 Å². The molecule has 1 atom stereocenters. The molecule has 98 valence electrons. The van der Waals surface area contributed by atoms with Crippen LogP contribution in [0, 0.1) is 5.92 Å². The summed E-state index contributed by atoms with van der Waals surface area (Å²) in [6, 6.07) is 0.0652. The number of hydrogen-bond donors (Lipinski definition) is 2. The summed E-state index contributed by atoms with van der Waals surface area (Å²) in [4.78, 5) is 12.0. The van der Waals surface area contributed by atoms with Crippen LogP contribution in [0.3, 0.4) is 0 Å². The first kappa shape index (κ1) is 13.2. The summed E-state index contributed by atoms with van der Waals surface area (Å²) in [5.41, 5.74) is 0. The Morgan fingerprint density at radius 3 is 2.82 bits per heavy atom. The Bertz CT molecular complexity index is 234. The summed E-state index contributed by atoms with van der Waals surface area (Å²) < 4.78 is 0. The number of rotatable bonds is 3. The van der Waals surface area contributed by atoms with Crippen LogP contribution in [0.4, 0.5) is 0 Å². The fraction of sp³-hybridized carbons (Fsp3) is 0.923. The third-order valence-electron chi connectivity index (χ3n) is 3.78. The van der Waals surface area contributed by atoms with Gasteiger partial charge in [0, 0.05) is 6.54 Å². The molecule has 0 saturated carbocycles. The first-order valence-electron chi connectivity index (χ1n) is 6.95. The molecule has 1 amide bonds. The zero-order chi connectivity index (χ0) is 11.9. The minimum Gasteiger partial charge on any atom is -0.354 e. The predicted octanol–water partition coefficient (Wildman–Crippen LogP) is 1.78. The van der Waals surface area contributed by atoms with Crippen molar-refractivity contribution in [2.24, 2.45) is 5.92 Å². The third-order valence-corrected chi connectivity index (χ3v) is 4.83. The average Bonchev–Trinajstić information content (AvgIpc) is 2.66. The molecule has 0 aliphatic carbocycles. The molecule has 2 N–H and O–H groups in total. The Hall–Kier alpha value is -0.220. The zero-order valence-corrected chi connectivity index (χ0v) is 11.4. The SMILES string of the molecule is O=C(NCC1CCSCC1)C1CCCCCN1. The van der Waals surface area contributed by atoms with Gasteiger partial charge in [-0.25, -0.2) is 0 Å². The topological polar surface area (TPSA) is 41.1 Å². The van der Waals surface area contributed by atoms with Crippen LogP contribution in [0.5, 0.6) is 0 Å². The summed E-state index contributed by atoms with van der Waals surface area (Å²) in [5.74, 6) is 3.47. The van der Waals surface area contributed by atoms with E-state index >= 15 is 0 Å². The first-order valence-corrected chi connectivity index (χ1v) is 8.10. The van der Waals surface area contributed by atoms with Crippen LogP contribution in [0.2, 0.25) is 0 Å². The van der Waals surface area contributed by atoms with E-state index in [9.17, 15) is 4.79 Å². The number of nitrogens with one attached hydrogen (secondary N) is 2. The van der Waals surface area contributed by atoms with Gasteiger partial charge in [-0.1, -0.05) is 12.8 Å². The van der Waals surface area contributed by atoms with Crippen molar-refractivity contribution in [2.75, 3.05) is 24.6 Å². The second-order valence-electron chi connectivity index (χ2n) is 5.16. The lowest BCUT2D eigenvalue weighted by atomic mass is 10.0. The molecule has 2 fully saturated rings. The van der Waals surface area contributed by atoms with Gasteiger partial charge in [-0.05, 0) is 49.7 Å². The maximum Gasteiger partial charge on any atom is 0.237 e. The Morgan fingerprint density at radius 1 is 1.18 bits per heavy atom. The van der Waals surface area contributed by atoms with E-state index in [-0.39, 0.29) is 11.9 Å². The lowest BCUT2D eigenvalue weighted by molar-refractivity contribution is -0.123. The lowest BCUT2D eigenvalue weighted by Gasteiger charge is -2.23. The van der Waals surface area contributed by atoms with Crippen molar-refractivity contribution in [1.29, 1.82) is 0 Å². The monoisotopic (exact) mass is 256 g/mol. The molecule has 0 aromatic heterocycles. The van der Waals surface area contributed by atoms with E-state index in [0.717, 1.165) is 19.5 Å². The average molecular weight is 256 g/mol. The molecule has 0 aromatic rings. The second-order valence-corrected chi connectivity index (χ2v) is 6.38. The Morgan fingerprint density at radius 2 is 2.00 bits per heavy atom. The van der Waals surface area contributed by atoms with Crippen molar-refractivity contribution in [2.45, 2.75) is 44.6 Å². The van der Waals surface area contributed by atoms with E-state index in [1.807, 2.05) is 11.8 Å². The van der Waals surface area contributed by atoms with Crippen molar-refractivity contribution in [3.8, 4) is 0 Å². The predicted molar refractivity (Wildman–Crippen MR) is 73.3 cm³/mol. The van der Waals surface area contributed by atoms with Crippen LogP contribution in [0.1, 0.15) is 38.5 Å². The highest BCUT2D eigenvalue weighted by Crippen LogP contribution is 2.21. The largest absolute Gasteiger partial charge is 0.354 e. The quantitative estimate of drug-likeness (QED) is 0.809. The van der Waals surface area contributed by atoms with Crippen molar-refractivity contribution in [3.05, 3.63) is 0 Å². The molecule has 4 heteroatoms. The number of carbonyl (C=O) groups excluding carboxylic acids is 1. The van der Waals surface area contributed by atoms with Crippen LogP contribution in [0.25, 0.3) is 0 Å². The van der Waals surface area contributed by atoms with Crippen molar-refractivity contribution >= 4 is 17.7 Å². The van der Waals surface area contributed by atoms with Crippen LogP contribution < -0.4 is 10.6 Å². The standard InChI is InChI=1S/C13H24N2OS/c16-13(12-4-2-1-3-7-14-12)15-10-11-5-8-17-9-6-11/h11-12,14H,1-10H2,(H,15,16). The molecule has 3 nitrogen and oxygen atoms in total. The van der Waals surface area contributed by atoms with Gasteiger partial charge >= 0.3 is 0 Å². The molecule has 0 aromatic carbocycles. The maximum atomic E-state index is 12.0. The summed E-state index contributed by atoms with van der Waals surface area (Å²) in [6.07, 6.45) is 7.20. The number of hydrogen-bond acceptors (Lipinski definition) is 3. The van der Waals surface area contributed by atoms with E-state index in [4.69, 9.17) is 0 Å². The molecule has 17 heavy (non-hydrogen) atoms. The van der Waals surface area contributed by atoms with Gasteiger partial charge in [-0.2, -0.15) is 11.8 Å². The molecule has 2 rings (SSSR count). The van der Waals surface area contributed by atoms with E-state index in [1.54, 1.807) is 0 Å². The van der Waals surface area contributed by atoms with Gasteiger partial charge in [-0.3, -0.25) is 4.79 Å². The molecule has 2 heterocycles. The van der Waals surface area contributed by atoms with Gasteiger partial charge in [0.05, 0.1) is 6.04 Å². The zero-order valence-electron chi connectivity index (χ0n) is 10.5. The molecule has 0 bridgehead atoms. The Balaban J connectivity index is 1.68. The number of carbonyl (C=O) groups is 1. The summed E-state index contributed by atoms with van der Waals surface area (Å²) in [7, 11) is 0. The van der Waals surface area contributed by atoms with Crippen LogP contribution >= 0.6 is 11.8 Å². The highest BCUT2D eigenvalue weighted by Gasteiger charge is 2.21. The van der Waals surface area contributed by atoms with Crippen LogP contribution in [0.15, 0.2) is 0 Å². The normalized spacial score (nSPS) is 27.4. The first-order chi connectivity index (χ1) is 8.36. The third kappa shape index (κ3) is 4.51. The molecule has 2 aliphatic heterocycles. The second kappa shape index (κ2) is 7.27. The minimum atomic E-state index is 0.0652. The van der Waals surface area contributed by atoms with Crippen molar-refractivity contribution in [1.82, 2.24) is 10.6 Å². The van der Waals surface area contributed by atoms with E-state index in [1.165, 1.54) is 43.6 Å². The highest BCUT2D eigenvalue weighted by molar-refractivity contribution is 7.99. The molecule has 2 saturated heterocycles. The lowest BCUT2D eigenvalue weighted by Crippen LogP contribution is -2.45.